The number of para-hydroxylation sites is 1. The number of carbonyl (C=O) groups is 1. The highest BCUT2D eigenvalue weighted by molar-refractivity contribution is 5.82. The predicted molar refractivity (Wildman–Crippen MR) is 95.3 cm³/mol. The molecule has 0 aliphatic carbocycles. The Hall–Kier alpha value is -1.59. The van der Waals surface area contributed by atoms with Gasteiger partial charge in [-0.05, 0) is 57.6 Å². The topological polar surface area (TPSA) is 44.8 Å². The molecule has 2 heterocycles. The SMILES string of the molecule is CN(C)CCN1CCC(CNC(=O)[C@H]2Cc3ccccc3O2)CC1. The van der Waals surface area contributed by atoms with Crippen molar-refractivity contribution in [1.82, 2.24) is 15.1 Å². The molecule has 2 aliphatic heterocycles. The van der Waals surface area contributed by atoms with Crippen molar-refractivity contribution in [3.05, 3.63) is 29.8 Å². The molecule has 0 saturated carbocycles. The summed E-state index contributed by atoms with van der Waals surface area (Å²) in [6.07, 6.45) is 2.66. The third kappa shape index (κ3) is 4.48. The van der Waals surface area contributed by atoms with E-state index in [1.165, 1.54) is 12.8 Å². The van der Waals surface area contributed by atoms with Crippen LogP contribution in [0.25, 0.3) is 0 Å². The Morgan fingerprint density at radius 3 is 2.75 bits per heavy atom. The Kier molecular flexibility index (Phi) is 5.74. The number of hydrogen-bond donors (Lipinski definition) is 1. The largest absolute Gasteiger partial charge is 0.480 e. The first kappa shape index (κ1) is 17.2. The Labute approximate surface area is 145 Å². The molecule has 1 atom stereocenters. The number of likely N-dealkylation sites (tertiary alicyclic amines) is 1. The van der Waals surface area contributed by atoms with E-state index in [1.807, 2.05) is 24.3 Å². The summed E-state index contributed by atoms with van der Waals surface area (Å²) < 4.78 is 5.76. The van der Waals surface area contributed by atoms with Gasteiger partial charge in [0.25, 0.3) is 5.91 Å². The summed E-state index contributed by atoms with van der Waals surface area (Å²) >= 11 is 0. The van der Waals surface area contributed by atoms with Gasteiger partial charge in [0, 0.05) is 26.1 Å². The average molecular weight is 331 g/mol. The third-order valence-electron chi connectivity index (χ3n) is 5.08. The molecule has 1 aromatic carbocycles. The van der Waals surface area contributed by atoms with Crippen LogP contribution in [-0.4, -0.2) is 68.6 Å². The van der Waals surface area contributed by atoms with E-state index in [2.05, 4.69) is 29.2 Å². The number of hydrogen-bond acceptors (Lipinski definition) is 4. The maximum Gasteiger partial charge on any atom is 0.261 e. The predicted octanol–water partition coefficient (Wildman–Crippen LogP) is 1.38. The van der Waals surface area contributed by atoms with E-state index in [4.69, 9.17) is 4.74 Å². The van der Waals surface area contributed by atoms with Crippen LogP contribution in [0.2, 0.25) is 0 Å². The first-order chi connectivity index (χ1) is 11.6. The van der Waals surface area contributed by atoms with Crippen LogP contribution >= 0.6 is 0 Å². The van der Waals surface area contributed by atoms with Gasteiger partial charge < -0.3 is 19.9 Å². The van der Waals surface area contributed by atoms with Gasteiger partial charge in [-0.15, -0.1) is 0 Å². The summed E-state index contributed by atoms with van der Waals surface area (Å²) in [5, 5.41) is 3.10. The Morgan fingerprint density at radius 2 is 2.04 bits per heavy atom. The van der Waals surface area contributed by atoms with Crippen molar-refractivity contribution in [2.24, 2.45) is 5.92 Å². The lowest BCUT2D eigenvalue weighted by molar-refractivity contribution is -0.127. The average Bonchev–Trinajstić information content (AvgIpc) is 3.03. The van der Waals surface area contributed by atoms with Crippen LogP contribution in [0.1, 0.15) is 18.4 Å². The summed E-state index contributed by atoms with van der Waals surface area (Å²) in [6.45, 7) is 5.30. The molecule has 5 heteroatoms. The number of amides is 1. The number of carbonyl (C=O) groups excluding carboxylic acids is 1. The molecule has 1 saturated heterocycles. The van der Waals surface area contributed by atoms with Gasteiger partial charge in [-0.25, -0.2) is 0 Å². The van der Waals surface area contributed by atoms with Gasteiger partial charge in [-0.2, -0.15) is 0 Å². The van der Waals surface area contributed by atoms with E-state index >= 15 is 0 Å². The maximum atomic E-state index is 12.3. The van der Waals surface area contributed by atoms with Crippen molar-refractivity contribution in [3.8, 4) is 5.75 Å². The number of rotatable bonds is 6. The molecule has 0 aromatic heterocycles. The van der Waals surface area contributed by atoms with Crippen molar-refractivity contribution >= 4 is 5.91 Å². The van der Waals surface area contributed by atoms with Gasteiger partial charge in [0.05, 0.1) is 0 Å². The van der Waals surface area contributed by atoms with Gasteiger partial charge in [0.1, 0.15) is 5.75 Å². The quantitative estimate of drug-likeness (QED) is 0.855. The van der Waals surface area contributed by atoms with Gasteiger partial charge in [-0.3, -0.25) is 4.79 Å². The summed E-state index contributed by atoms with van der Waals surface area (Å²) in [4.78, 5) is 17.1. The highest BCUT2D eigenvalue weighted by Gasteiger charge is 2.29. The van der Waals surface area contributed by atoms with Gasteiger partial charge >= 0.3 is 0 Å². The minimum atomic E-state index is -0.359. The number of piperidine rings is 1. The lowest BCUT2D eigenvalue weighted by atomic mass is 9.96. The third-order valence-corrected chi connectivity index (χ3v) is 5.08. The molecule has 0 unspecified atom stereocenters. The number of likely N-dealkylation sites (N-methyl/N-ethyl adjacent to an activating group) is 1. The number of benzene rings is 1. The molecular weight excluding hydrogens is 302 g/mol. The number of ether oxygens (including phenoxy) is 1. The molecule has 1 fully saturated rings. The molecule has 132 valence electrons. The Morgan fingerprint density at radius 1 is 1.29 bits per heavy atom. The molecule has 3 rings (SSSR count). The Bertz CT molecular complexity index is 528. The number of nitrogens with zero attached hydrogens (tertiary/aromatic N) is 2. The fraction of sp³-hybridized carbons (Fsp3) is 0.632. The molecular formula is C19H29N3O2. The van der Waals surface area contributed by atoms with Crippen LogP contribution in [0.15, 0.2) is 24.3 Å². The number of nitrogens with one attached hydrogen (secondary N) is 1. The standard InChI is InChI=1S/C19H29N3O2/c1-21(2)11-12-22-9-7-15(8-10-22)14-20-19(23)18-13-16-5-3-4-6-17(16)24-18/h3-6,15,18H,7-14H2,1-2H3,(H,20,23)/t18-/m1/s1. The second-order valence-corrected chi connectivity index (χ2v) is 7.25. The first-order valence-electron chi connectivity index (χ1n) is 9.01. The van der Waals surface area contributed by atoms with Crippen molar-refractivity contribution in [1.29, 1.82) is 0 Å². The summed E-state index contributed by atoms with van der Waals surface area (Å²) in [7, 11) is 4.23. The van der Waals surface area contributed by atoms with E-state index in [1.54, 1.807) is 0 Å². The van der Waals surface area contributed by atoms with Crippen molar-refractivity contribution in [2.75, 3.05) is 46.8 Å². The van der Waals surface area contributed by atoms with Crippen LogP contribution in [0, 0.1) is 5.92 Å². The van der Waals surface area contributed by atoms with E-state index < -0.39 is 0 Å². The lowest BCUT2D eigenvalue weighted by Crippen LogP contribution is -2.43. The monoisotopic (exact) mass is 331 g/mol. The molecule has 0 bridgehead atoms. The highest BCUT2D eigenvalue weighted by atomic mass is 16.5. The summed E-state index contributed by atoms with van der Waals surface area (Å²) in [5.74, 6) is 1.47. The fourth-order valence-electron chi connectivity index (χ4n) is 3.44. The van der Waals surface area contributed by atoms with Crippen molar-refractivity contribution < 1.29 is 9.53 Å². The van der Waals surface area contributed by atoms with Crippen LogP contribution in [0.3, 0.4) is 0 Å². The molecule has 24 heavy (non-hydrogen) atoms. The van der Waals surface area contributed by atoms with Crippen LogP contribution in [0.5, 0.6) is 5.75 Å². The second-order valence-electron chi connectivity index (χ2n) is 7.25. The Balaban J connectivity index is 1.36. The zero-order chi connectivity index (χ0) is 16.9. The van der Waals surface area contributed by atoms with Crippen molar-refractivity contribution in [3.63, 3.8) is 0 Å². The molecule has 1 N–H and O–H groups in total. The molecule has 0 spiro atoms. The molecule has 0 radical (unpaired) electrons. The fourth-order valence-corrected chi connectivity index (χ4v) is 3.44. The maximum absolute atomic E-state index is 12.3. The molecule has 2 aliphatic rings. The van der Waals surface area contributed by atoms with Crippen LogP contribution in [0.4, 0.5) is 0 Å². The van der Waals surface area contributed by atoms with Gasteiger partial charge in [-0.1, -0.05) is 18.2 Å². The van der Waals surface area contributed by atoms with E-state index in [9.17, 15) is 4.79 Å². The highest BCUT2D eigenvalue weighted by Crippen LogP contribution is 2.28. The minimum absolute atomic E-state index is 0.0289. The molecule has 5 nitrogen and oxygen atoms in total. The van der Waals surface area contributed by atoms with Gasteiger partial charge in [0.2, 0.25) is 0 Å². The molecule has 1 aromatic rings. The first-order valence-corrected chi connectivity index (χ1v) is 9.01. The lowest BCUT2D eigenvalue weighted by Gasteiger charge is -2.32. The van der Waals surface area contributed by atoms with Crippen LogP contribution in [-0.2, 0) is 11.2 Å². The zero-order valence-corrected chi connectivity index (χ0v) is 14.8. The van der Waals surface area contributed by atoms with Crippen molar-refractivity contribution in [2.45, 2.75) is 25.4 Å². The van der Waals surface area contributed by atoms with E-state index in [-0.39, 0.29) is 12.0 Å². The normalized spacial score (nSPS) is 21.5. The van der Waals surface area contributed by atoms with E-state index in [0.717, 1.165) is 44.0 Å². The molecule has 1 amide bonds. The second kappa shape index (κ2) is 7.99. The zero-order valence-electron chi connectivity index (χ0n) is 14.8. The van der Waals surface area contributed by atoms with Gasteiger partial charge in [0.15, 0.2) is 6.10 Å². The minimum Gasteiger partial charge on any atom is -0.480 e. The smallest absolute Gasteiger partial charge is 0.261 e. The van der Waals surface area contributed by atoms with E-state index in [0.29, 0.717) is 12.3 Å². The summed E-state index contributed by atoms with van der Waals surface area (Å²) in [5.41, 5.74) is 1.13. The number of fused-ring (bicyclic) bond motifs is 1. The summed E-state index contributed by atoms with van der Waals surface area (Å²) in [6, 6.07) is 7.91. The van der Waals surface area contributed by atoms with Crippen LogP contribution < -0.4 is 10.1 Å².